The second kappa shape index (κ2) is 10.5. The molecule has 0 saturated carbocycles. The highest BCUT2D eigenvalue weighted by Gasteiger charge is 2.28. The molecule has 0 aliphatic carbocycles. The zero-order valence-electron chi connectivity index (χ0n) is 19.9. The Hall–Kier alpha value is -3.43. The molecular formula is C26H30N4O4S. The monoisotopic (exact) mass is 494 g/mol. The maximum absolute atomic E-state index is 13.3. The first-order chi connectivity index (χ1) is 16.8. The number of hydrogen-bond donors (Lipinski definition) is 1. The Bertz CT molecular complexity index is 1330. The number of anilines is 3. The number of benzene rings is 2. The first-order valence-electron chi connectivity index (χ1n) is 11.7. The molecule has 1 aliphatic rings. The van der Waals surface area contributed by atoms with E-state index in [0.717, 1.165) is 24.2 Å². The number of nitrogens with one attached hydrogen (secondary N) is 1. The van der Waals surface area contributed by atoms with Crippen LogP contribution in [0.25, 0.3) is 0 Å². The number of carbonyl (C=O) groups excluding carboxylic acids is 1. The fourth-order valence-corrected chi connectivity index (χ4v) is 5.75. The lowest BCUT2D eigenvalue weighted by atomic mass is 10.2. The van der Waals surface area contributed by atoms with Gasteiger partial charge in [0.25, 0.3) is 5.56 Å². The van der Waals surface area contributed by atoms with Crippen molar-refractivity contribution in [1.29, 1.82) is 0 Å². The minimum absolute atomic E-state index is 0.0271. The lowest BCUT2D eigenvalue weighted by Gasteiger charge is -2.27. The van der Waals surface area contributed by atoms with E-state index in [1.54, 1.807) is 4.90 Å². The topological polar surface area (TPSA) is 91.7 Å². The normalized spacial score (nSPS) is 14.3. The molecular weight excluding hydrogens is 464 g/mol. The number of carbonyl (C=O) groups is 1. The molecule has 8 nitrogen and oxygen atoms in total. The van der Waals surface area contributed by atoms with Crippen molar-refractivity contribution in [2.75, 3.05) is 23.3 Å². The Morgan fingerprint density at radius 3 is 2.20 bits per heavy atom. The van der Waals surface area contributed by atoms with Gasteiger partial charge in [0.2, 0.25) is 15.9 Å². The van der Waals surface area contributed by atoms with Crippen molar-refractivity contribution >= 4 is 33.0 Å². The zero-order chi connectivity index (χ0) is 25.0. The van der Waals surface area contributed by atoms with Gasteiger partial charge < -0.3 is 14.8 Å². The van der Waals surface area contributed by atoms with Crippen LogP contribution in [-0.4, -0.2) is 42.3 Å². The molecule has 0 radical (unpaired) electrons. The SMILES string of the molecule is CC(C)N(C(=O)Cn1cc(S(=O)(=O)N2CCCC2)ccc1=O)c1ccc(Nc2ccccc2)cc1. The molecule has 1 N–H and O–H groups in total. The van der Waals surface area contributed by atoms with Gasteiger partial charge in [-0.05, 0) is 69.2 Å². The van der Waals surface area contributed by atoms with Crippen LogP contribution < -0.4 is 15.8 Å². The first-order valence-corrected chi connectivity index (χ1v) is 13.1. The quantitative estimate of drug-likeness (QED) is 0.514. The van der Waals surface area contributed by atoms with E-state index >= 15 is 0 Å². The smallest absolute Gasteiger partial charge is 0.251 e. The van der Waals surface area contributed by atoms with Gasteiger partial charge in [-0.25, -0.2) is 8.42 Å². The minimum Gasteiger partial charge on any atom is -0.356 e. The van der Waals surface area contributed by atoms with Crippen LogP contribution in [-0.2, 0) is 21.4 Å². The van der Waals surface area contributed by atoms with Crippen molar-refractivity contribution < 1.29 is 13.2 Å². The molecule has 9 heteroatoms. The van der Waals surface area contributed by atoms with E-state index in [9.17, 15) is 18.0 Å². The van der Waals surface area contributed by atoms with Crippen LogP contribution in [0.3, 0.4) is 0 Å². The van der Waals surface area contributed by atoms with E-state index < -0.39 is 15.6 Å². The Morgan fingerprint density at radius 1 is 0.943 bits per heavy atom. The third kappa shape index (κ3) is 5.63. The number of nitrogens with zero attached hydrogens (tertiary/aromatic N) is 3. The average molecular weight is 495 g/mol. The summed E-state index contributed by atoms with van der Waals surface area (Å²) in [5.74, 6) is -0.304. The molecule has 1 aromatic heterocycles. The van der Waals surface area contributed by atoms with Crippen molar-refractivity contribution in [1.82, 2.24) is 8.87 Å². The zero-order valence-corrected chi connectivity index (χ0v) is 20.7. The fraction of sp³-hybridized carbons (Fsp3) is 0.308. The summed E-state index contributed by atoms with van der Waals surface area (Å²) in [6.07, 6.45) is 2.92. The minimum atomic E-state index is -3.69. The molecule has 2 aromatic carbocycles. The molecule has 0 bridgehead atoms. The van der Waals surface area contributed by atoms with Gasteiger partial charge in [-0.15, -0.1) is 0 Å². The van der Waals surface area contributed by atoms with Crippen LogP contribution >= 0.6 is 0 Å². The van der Waals surface area contributed by atoms with Crippen molar-refractivity contribution in [3.8, 4) is 0 Å². The van der Waals surface area contributed by atoms with E-state index in [4.69, 9.17) is 0 Å². The number of pyridine rings is 1. The maximum Gasteiger partial charge on any atom is 0.251 e. The Morgan fingerprint density at radius 2 is 1.57 bits per heavy atom. The van der Waals surface area contributed by atoms with Crippen LogP contribution in [0.2, 0.25) is 0 Å². The lowest BCUT2D eigenvalue weighted by molar-refractivity contribution is -0.119. The van der Waals surface area contributed by atoms with Crippen molar-refractivity contribution in [3.05, 3.63) is 83.3 Å². The van der Waals surface area contributed by atoms with E-state index in [1.807, 2.05) is 68.4 Å². The number of aromatic nitrogens is 1. The van der Waals surface area contributed by atoms with Gasteiger partial charge in [0, 0.05) is 48.5 Å². The summed E-state index contributed by atoms with van der Waals surface area (Å²) in [6.45, 7) is 4.47. The molecule has 1 saturated heterocycles. The average Bonchev–Trinajstić information content (AvgIpc) is 3.38. The van der Waals surface area contributed by atoms with Gasteiger partial charge in [0.1, 0.15) is 6.54 Å². The predicted molar refractivity (Wildman–Crippen MR) is 137 cm³/mol. The van der Waals surface area contributed by atoms with Crippen LogP contribution in [0.4, 0.5) is 17.1 Å². The standard InChI is InChI=1S/C26H30N4O4S/c1-20(2)30(23-12-10-22(11-13-23)27-21-8-4-3-5-9-21)26(32)19-28-18-24(14-15-25(28)31)35(33,34)29-16-6-7-17-29/h3-5,8-15,18,20,27H,6-7,16-17,19H2,1-2H3. The van der Waals surface area contributed by atoms with Gasteiger partial charge >= 0.3 is 0 Å². The van der Waals surface area contributed by atoms with Gasteiger partial charge in [-0.1, -0.05) is 18.2 Å². The van der Waals surface area contributed by atoms with Crippen molar-refractivity contribution in [2.24, 2.45) is 0 Å². The van der Waals surface area contributed by atoms with Crippen LogP contribution in [0.1, 0.15) is 26.7 Å². The highest BCUT2D eigenvalue weighted by molar-refractivity contribution is 7.89. The largest absolute Gasteiger partial charge is 0.356 e. The number of rotatable bonds is 8. The number of sulfonamides is 1. The summed E-state index contributed by atoms with van der Waals surface area (Å²) in [7, 11) is -3.69. The first kappa shape index (κ1) is 24.7. The third-order valence-corrected chi connectivity index (χ3v) is 7.84. The Balaban J connectivity index is 1.54. The van der Waals surface area contributed by atoms with E-state index in [1.165, 1.54) is 27.2 Å². The molecule has 0 atom stereocenters. The van der Waals surface area contributed by atoms with Crippen LogP contribution in [0.5, 0.6) is 0 Å². The Labute approximate surface area is 205 Å². The molecule has 1 aliphatic heterocycles. The molecule has 184 valence electrons. The summed E-state index contributed by atoms with van der Waals surface area (Å²) in [5, 5.41) is 3.31. The fourth-order valence-electron chi connectivity index (χ4n) is 4.21. The molecule has 4 rings (SSSR count). The Kier molecular flexibility index (Phi) is 7.37. The molecule has 1 amide bonds. The van der Waals surface area contributed by atoms with Crippen LogP contribution in [0, 0.1) is 0 Å². The van der Waals surface area contributed by atoms with Gasteiger partial charge in [-0.3, -0.25) is 9.59 Å². The summed E-state index contributed by atoms with van der Waals surface area (Å²) in [4.78, 5) is 27.4. The molecule has 0 unspecified atom stereocenters. The van der Waals surface area contributed by atoms with Gasteiger partial charge in [-0.2, -0.15) is 4.31 Å². The van der Waals surface area contributed by atoms with Crippen molar-refractivity contribution in [2.45, 2.75) is 44.2 Å². The second-order valence-electron chi connectivity index (χ2n) is 8.84. The molecule has 35 heavy (non-hydrogen) atoms. The molecule has 0 spiro atoms. The summed E-state index contributed by atoms with van der Waals surface area (Å²) < 4.78 is 28.4. The molecule has 3 aromatic rings. The number of amides is 1. The van der Waals surface area contributed by atoms with E-state index in [-0.39, 0.29) is 23.4 Å². The highest BCUT2D eigenvalue weighted by atomic mass is 32.2. The lowest BCUT2D eigenvalue weighted by Crippen LogP contribution is -2.41. The van der Waals surface area contributed by atoms with E-state index in [0.29, 0.717) is 18.8 Å². The maximum atomic E-state index is 13.3. The number of hydrogen-bond acceptors (Lipinski definition) is 5. The van der Waals surface area contributed by atoms with E-state index in [2.05, 4.69) is 5.32 Å². The summed E-state index contributed by atoms with van der Waals surface area (Å²) in [5.41, 5.74) is 2.11. The molecule has 1 fully saturated rings. The second-order valence-corrected chi connectivity index (χ2v) is 10.8. The third-order valence-electron chi connectivity index (χ3n) is 5.96. The highest BCUT2D eigenvalue weighted by Crippen LogP contribution is 2.24. The summed E-state index contributed by atoms with van der Waals surface area (Å²) in [6, 6.07) is 19.6. The van der Waals surface area contributed by atoms with Crippen molar-refractivity contribution in [3.63, 3.8) is 0 Å². The molecule has 2 heterocycles. The number of para-hydroxylation sites is 1. The predicted octanol–water partition coefficient (Wildman–Crippen LogP) is 3.82. The summed E-state index contributed by atoms with van der Waals surface area (Å²) >= 11 is 0. The van der Waals surface area contributed by atoms with Gasteiger partial charge in [0.15, 0.2) is 0 Å². The van der Waals surface area contributed by atoms with Crippen LogP contribution in [0.15, 0.2) is 82.6 Å². The van der Waals surface area contributed by atoms with Gasteiger partial charge in [0.05, 0.1) is 4.90 Å².